The number of rotatable bonds is 3. The van der Waals surface area contributed by atoms with E-state index in [-0.39, 0.29) is 0 Å². The normalized spacial score (nSPS) is 12.2. The zero-order valence-corrected chi connectivity index (χ0v) is 28.0. The van der Waals surface area contributed by atoms with E-state index in [0.29, 0.717) is 0 Å². The predicted molar refractivity (Wildman–Crippen MR) is 217 cm³/mol. The van der Waals surface area contributed by atoms with Crippen molar-refractivity contribution in [2.45, 2.75) is 0 Å². The molecule has 0 amide bonds. The van der Waals surface area contributed by atoms with Gasteiger partial charge in [-0.25, -0.2) is 0 Å². The van der Waals surface area contributed by atoms with E-state index in [4.69, 9.17) is 4.42 Å². The molecule has 0 aliphatic carbocycles. The third-order valence-corrected chi connectivity index (χ3v) is 11.0. The van der Waals surface area contributed by atoms with Crippen LogP contribution in [0.5, 0.6) is 0 Å². The van der Waals surface area contributed by atoms with E-state index in [1.165, 1.54) is 54.4 Å². The second-order valence-corrected chi connectivity index (χ2v) is 13.7. The highest BCUT2D eigenvalue weighted by molar-refractivity contribution is 6.15. The number of aromatic nitrogens is 3. The third-order valence-electron chi connectivity index (χ3n) is 11.0. The van der Waals surface area contributed by atoms with Crippen LogP contribution < -0.4 is 0 Å². The van der Waals surface area contributed by atoms with E-state index in [9.17, 15) is 0 Å². The van der Waals surface area contributed by atoms with Crippen molar-refractivity contribution in [3.63, 3.8) is 0 Å². The van der Waals surface area contributed by atoms with Crippen LogP contribution in [0, 0.1) is 0 Å². The summed E-state index contributed by atoms with van der Waals surface area (Å²) in [4.78, 5) is 0. The van der Waals surface area contributed by atoms with Crippen molar-refractivity contribution < 1.29 is 4.42 Å². The molecule has 4 heterocycles. The van der Waals surface area contributed by atoms with Gasteiger partial charge in [-0.3, -0.25) is 0 Å². The Morgan fingerprint density at radius 1 is 0.288 bits per heavy atom. The van der Waals surface area contributed by atoms with E-state index in [2.05, 4.69) is 184 Å². The fourth-order valence-corrected chi connectivity index (χ4v) is 8.85. The number of para-hydroxylation sites is 6. The second-order valence-electron chi connectivity index (χ2n) is 13.7. The lowest BCUT2D eigenvalue weighted by molar-refractivity contribution is 0.666. The lowest BCUT2D eigenvalue weighted by Gasteiger charge is -2.11. The number of nitrogens with zero attached hydrogens (tertiary/aromatic N) is 3. The monoisotopic (exact) mass is 663 g/mol. The molecule has 8 aromatic carbocycles. The summed E-state index contributed by atoms with van der Waals surface area (Å²) in [6, 6.07) is 63.5. The third kappa shape index (κ3) is 3.65. The van der Waals surface area contributed by atoms with Crippen LogP contribution in [0.25, 0.3) is 104 Å². The minimum atomic E-state index is 0.900. The average molecular weight is 664 g/mol. The molecular weight excluding hydrogens is 635 g/mol. The molecule has 0 atom stereocenters. The van der Waals surface area contributed by atoms with Crippen LogP contribution in [-0.2, 0) is 0 Å². The maximum absolute atomic E-state index is 6.54. The van der Waals surface area contributed by atoms with Gasteiger partial charge in [0.1, 0.15) is 5.58 Å². The first-order chi connectivity index (χ1) is 25.8. The molecule has 0 radical (unpaired) electrons. The van der Waals surface area contributed by atoms with E-state index in [1.54, 1.807) is 0 Å². The molecular formula is C48H29N3O. The van der Waals surface area contributed by atoms with Crippen LogP contribution in [0.3, 0.4) is 0 Å². The molecule has 0 fully saturated rings. The van der Waals surface area contributed by atoms with Gasteiger partial charge in [0.2, 0.25) is 0 Å². The highest BCUT2D eigenvalue weighted by Crippen LogP contribution is 2.41. The summed E-state index contributed by atoms with van der Waals surface area (Å²) >= 11 is 0. The molecule has 4 aromatic heterocycles. The molecule has 0 unspecified atom stereocenters. The summed E-state index contributed by atoms with van der Waals surface area (Å²) in [5.41, 5.74) is 12.2. The van der Waals surface area contributed by atoms with Crippen LogP contribution in [0.4, 0.5) is 0 Å². The van der Waals surface area contributed by atoms with Crippen LogP contribution in [0.15, 0.2) is 180 Å². The Morgan fingerprint density at radius 3 is 1.25 bits per heavy atom. The number of benzene rings is 8. The Morgan fingerprint density at radius 2 is 0.692 bits per heavy atom. The van der Waals surface area contributed by atoms with Gasteiger partial charge in [0.05, 0.1) is 38.8 Å². The fraction of sp³-hybridized carbons (Fsp3) is 0. The Balaban J connectivity index is 1.10. The predicted octanol–water partition coefficient (Wildman–Crippen LogP) is 12.9. The van der Waals surface area contributed by atoms with Crippen molar-refractivity contribution in [3.8, 4) is 17.1 Å². The van der Waals surface area contributed by atoms with Gasteiger partial charge in [0.15, 0.2) is 5.58 Å². The smallest absolute Gasteiger partial charge is 0.159 e. The molecule has 0 saturated carbocycles. The van der Waals surface area contributed by atoms with Gasteiger partial charge in [-0.05, 0) is 72.8 Å². The van der Waals surface area contributed by atoms with Crippen molar-refractivity contribution in [2.24, 2.45) is 0 Å². The van der Waals surface area contributed by atoms with Gasteiger partial charge >= 0.3 is 0 Å². The Kier molecular flexibility index (Phi) is 5.47. The van der Waals surface area contributed by atoms with Crippen LogP contribution >= 0.6 is 0 Å². The molecule has 0 aliphatic rings. The summed E-state index contributed by atoms with van der Waals surface area (Å²) in [6.45, 7) is 0. The summed E-state index contributed by atoms with van der Waals surface area (Å²) in [5, 5.41) is 9.68. The summed E-state index contributed by atoms with van der Waals surface area (Å²) < 4.78 is 13.7. The minimum absolute atomic E-state index is 0.900. The zero-order chi connectivity index (χ0) is 33.9. The lowest BCUT2D eigenvalue weighted by Crippen LogP contribution is -1.97. The first kappa shape index (κ1) is 27.7. The molecule has 0 spiro atoms. The van der Waals surface area contributed by atoms with Gasteiger partial charge in [-0.2, -0.15) is 0 Å². The highest BCUT2D eigenvalue weighted by Gasteiger charge is 2.20. The number of hydrogen-bond acceptors (Lipinski definition) is 1. The van der Waals surface area contributed by atoms with Crippen molar-refractivity contribution >= 4 is 87.4 Å². The lowest BCUT2D eigenvalue weighted by atomic mass is 10.1. The summed E-state index contributed by atoms with van der Waals surface area (Å²) in [5.74, 6) is 0. The zero-order valence-electron chi connectivity index (χ0n) is 28.0. The molecule has 52 heavy (non-hydrogen) atoms. The van der Waals surface area contributed by atoms with Crippen molar-refractivity contribution in [1.29, 1.82) is 0 Å². The van der Waals surface area contributed by atoms with Crippen LogP contribution in [-0.4, -0.2) is 13.7 Å². The highest BCUT2D eigenvalue weighted by atomic mass is 16.3. The second kappa shape index (κ2) is 10.3. The van der Waals surface area contributed by atoms with Gasteiger partial charge in [-0.1, -0.05) is 103 Å². The summed E-state index contributed by atoms with van der Waals surface area (Å²) in [7, 11) is 0. The largest absolute Gasteiger partial charge is 0.454 e. The molecule has 0 bridgehead atoms. The number of fused-ring (bicyclic) bond motifs is 12. The average Bonchev–Trinajstić information content (AvgIpc) is 3.94. The fourth-order valence-electron chi connectivity index (χ4n) is 8.85. The maximum atomic E-state index is 6.54. The van der Waals surface area contributed by atoms with E-state index in [1.807, 2.05) is 6.07 Å². The van der Waals surface area contributed by atoms with E-state index >= 15 is 0 Å². The SMILES string of the molecule is c1ccc2c(c1)oc1c(-n3c4ccccc4c4cc(-n5c6ccccc6c6cc(-n7c8ccccc8c8ccccc87)ccc65)ccc43)cccc12. The Bertz CT molecular complexity index is 3370. The molecule has 242 valence electrons. The molecule has 12 aromatic rings. The maximum Gasteiger partial charge on any atom is 0.159 e. The van der Waals surface area contributed by atoms with E-state index in [0.717, 1.165) is 50.0 Å². The minimum Gasteiger partial charge on any atom is -0.454 e. The standard InChI is InChI=1S/C48H29N3O/c1-6-18-40-32(12-1)33-13-2-7-19-41(33)49(40)30-24-26-44-38(28-30)34-14-3-8-20-42(34)50(44)31-25-27-45-39(29-31)35-15-4-9-21-43(35)51(45)46-22-11-17-37-36-16-5-10-23-47(36)52-48(37)46/h1-29H. The van der Waals surface area contributed by atoms with Gasteiger partial charge < -0.3 is 18.1 Å². The number of hydrogen-bond donors (Lipinski definition) is 0. The Labute approximate surface area is 297 Å². The van der Waals surface area contributed by atoms with Gasteiger partial charge in [0, 0.05) is 54.5 Å². The quantitative estimate of drug-likeness (QED) is 0.185. The van der Waals surface area contributed by atoms with Crippen molar-refractivity contribution in [3.05, 3.63) is 176 Å². The van der Waals surface area contributed by atoms with E-state index < -0.39 is 0 Å². The van der Waals surface area contributed by atoms with Gasteiger partial charge in [0.25, 0.3) is 0 Å². The molecule has 4 heteroatoms. The van der Waals surface area contributed by atoms with Crippen LogP contribution in [0.2, 0.25) is 0 Å². The van der Waals surface area contributed by atoms with Crippen LogP contribution in [0.1, 0.15) is 0 Å². The molecule has 12 rings (SSSR count). The van der Waals surface area contributed by atoms with Crippen molar-refractivity contribution in [2.75, 3.05) is 0 Å². The molecule has 0 saturated heterocycles. The topological polar surface area (TPSA) is 27.9 Å². The van der Waals surface area contributed by atoms with Crippen molar-refractivity contribution in [1.82, 2.24) is 13.7 Å². The summed E-state index contributed by atoms with van der Waals surface area (Å²) in [6.07, 6.45) is 0. The Hall–Kier alpha value is -7.04. The molecule has 0 aliphatic heterocycles. The number of furan rings is 1. The first-order valence-corrected chi connectivity index (χ1v) is 17.8. The molecule has 4 nitrogen and oxygen atoms in total. The first-order valence-electron chi connectivity index (χ1n) is 17.8. The van der Waals surface area contributed by atoms with Gasteiger partial charge in [-0.15, -0.1) is 0 Å². The molecule has 0 N–H and O–H groups in total.